The molecular formula is C33H36O6. The highest BCUT2D eigenvalue weighted by Crippen LogP contribution is 2.42. The average molecular weight is 529 g/mol. The number of benzene rings is 4. The van der Waals surface area contributed by atoms with Gasteiger partial charge < -0.3 is 30.6 Å². The van der Waals surface area contributed by atoms with Gasteiger partial charge in [-0.1, -0.05) is 63.2 Å². The fourth-order valence-corrected chi connectivity index (χ4v) is 4.88. The van der Waals surface area contributed by atoms with E-state index in [1.54, 1.807) is 36.4 Å². The summed E-state index contributed by atoms with van der Waals surface area (Å²) >= 11 is 0. The van der Waals surface area contributed by atoms with Gasteiger partial charge in [-0.25, -0.2) is 0 Å². The molecule has 0 aliphatic heterocycles. The minimum Gasteiger partial charge on any atom is -0.508 e. The van der Waals surface area contributed by atoms with Crippen LogP contribution in [-0.2, 0) is 10.8 Å². The van der Waals surface area contributed by atoms with Crippen molar-refractivity contribution < 1.29 is 30.6 Å². The molecule has 0 aliphatic rings. The third kappa shape index (κ3) is 7.95. The van der Waals surface area contributed by atoms with Crippen molar-refractivity contribution in [3.63, 3.8) is 0 Å². The monoisotopic (exact) mass is 528 g/mol. The molecule has 39 heavy (non-hydrogen) atoms. The average Bonchev–Trinajstić information content (AvgIpc) is 2.84. The number of phenols is 6. The zero-order valence-electron chi connectivity index (χ0n) is 22.6. The second-order valence-corrected chi connectivity index (χ2v) is 10.7. The Morgan fingerprint density at radius 2 is 0.897 bits per heavy atom. The smallest absolute Gasteiger partial charge is 0.122 e. The fourth-order valence-electron chi connectivity index (χ4n) is 4.88. The summed E-state index contributed by atoms with van der Waals surface area (Å²) in [5.74, 6) is 0.325. The van der Waals surface area contributed by atoms with E-state index in [-0.39, 0.29) is 45.3 Å². The van der Waals surface area contributed by atoms with Gasteiger partial charge in [0.1, 0.15) is 34.5 Å². The molecular weight excluding hydrogens is 492 g/mol. The van der Waals surface area contributed by atoms with Gasteiger partial charge in [0.2, 0.25) is 0 Å². The van der Waals surface area contributed by atoms with Crippen molar-refractivity contribution in [1.82, 2.24) is 0 Å². The lowest BCUT2D eigenvalue weighted by molar-refractivity contribution is 0.378. The first kappa shape index (κ1) is 29.0. The molecule has 4 rings (SSSR count). The van der Waals surface area contributed by atoms with Crippen LogP contribution >= 0.6 is 0 Å². The van der Waals surface area contributed by atoms with Crippen molar-refractivity contribution in [3.8, 4) is 34.5 Å². The van der Waals surface area contributed by atoms with Crippen molar-refractivity contribution in [1.29, 1.82) is 0 Å². The van der Waals surface area contributed by atoms with Crippen molar-refractivity contribution >= 4 is 5.57 Å². The first-order chi connectivity index (χ1) is 18.3. The van der Waals surface area contributed by atoms with E-state index in [1.165, 1.54) is 0 Å². The lowest BCUT2D eigenvalue weighted by atomic mass is 9.67. The summed E-state index contributed by atoms with van der Waals surface area (Å²) in [4.78, 5) is 0. The first-order valence-corrected chi connectivity index (χ1v) is 12.6. The van der Waals surface area contributed by atoms with Crippen LogP contribution in [0.3, 0.4) is 0 Å². The van der Waals surface area contributed by atoms with Gasteiger partial charge in [-0.2, -0.15) is 0 Å². The van der Waals surface area contributed by atoms with Crippen LogP contribution in [0.5, 0.6) is 34.5 Å². The van der Waals surface area contributed by atoms with Gasteiger partial charge in [0.15, 0.2) is 0 Å². The lowest BCUT2D eigenvalue weighted by Gasteiger charge is -2.37. The van der Waals surface area contributed by atoms with Gasteiger partial charge in [0.05, 0.1) is 0 Å². The molecule has 0 amide bonds. The first-order valence-electron chi connectivity index (χ1n) is 12.6. The molecule has 0 fully saturated rings. The van der Waals surface area contributed by atoms with Gasteiger partial charge in [0, 0.05) is 23.6 Å². The van der Waals surface area contributed by atoms with Crippen LogP contribution in [-0.4, -0.2) is 30.6 Å². The van der Waals surface area contributed by atoms with E-state index in [4.69, 9.17) is 15.3 Å². The Balaban J connectivity index is 0.000000395. The van der Waals surface area contributed by atoms with E-state index in [0.717, 1.165) is 46.9 Å². The Hall–Kier alpha value is -4.58. The molecule has 0 heterocycles. The second kappa shape index (κ2) is 11.9. The van der Waals surface area contributed by atoms with E-state index in [1.807, 2.05) is 36.4 Å². The Kier molecular flexibility index (Phi) is 8.81. The van der Waals surface area contributed by atoms with Crippen LogP contribution in [0.25, 0.3) is 5.57 Å². The predicted octanol–water partition coefficient (Wildman–Crippen LogP) is 7.34. The van der Waals surface area contributed by atoms with Gasteiger partial charge >= 0.3 is 0 Å². The third-order valence-electron chi connectivity index (χ3n) is 6.73. The summed E-state index contributed by atoms with van der Waals surface area (Å²) < 4.78 is 0. The molecule has 6 nitrogen and oxygen atoms in total. The molecule has 4 aromatic carbocycles. The summed E-state index contributed by atoms with van der Waals surface area (Å²) in [7, 11) is 0. The van der Waals surface area contributed by atoms with E-state index in [0.29, 0.717) is 0 Å². The predicted molar refractivity (Wildman–Crippen MR) is 154 cm³/mol. The van der Waals surface area contributed by atoms with Gasteiger partial charge in [-0.05, 0) is 77.4 Å². The lowest BCUT2D eigenvalue weighted by Crippen LogP contribution is -2.31. The van der Waals surface area contributed by atoms with Gasteiger partial charge in [-0.15, -0.1) is 0 Å². The van der Waals surface area contributed by atoms with E-state index in [2.05, 4.69) is 33.8 Å². The SMILES string of the molecule is CC(=CC(C)(CC(C)(C)c1ccc(O)cc1)c1ccc(O)cc1)c1ccc(O)cc1.Oc1cc(O)cc(O)c1. The van der Waals surface area contributed by atoms with Crippen molar-refractivity contribution in [3.05, 3.63) is 114 Å². The maximum Gasteiger partial charge on any atom is 0.122 e. The number of hydrogen-bond acceptors (Lipinski definition) is 6. The molecule has 1 unspecified atom stereocenters. The number of phenolic OH excluding ortho intramolecular Hbond substituents is 6. The maximum absolute atomic E-state index is 9.78. The Bertz CT molecular complexity index is 1350. The largest absolute Gasteiger partial charge is 0.508 e. The zero-order valence-corrected chi connectivity index (χ0v) is 22.6. The van der Waals surface area contributed by atoms with Crippen molar-refractivity contribution in [2.24, 2.45) is 0 Å². The maximum atomic E-state index is 9.78. The summed E-state index contributed by atoms with van der Waals surface area (Å²) in [6.07, 6.45) is 3.10. The number of hydrogen-bond donors (Lipinski definition) is 6. The minimum absolute atomic E-state index is 0.146. The topological polar surface area (TPSA) is 121 Å². The van der Waals surface area contributed by atoms with E-state index in [9.17, 15) is 15.3 Å². The van der Waals surface area contributed by atoms with Crippen LogP contribution in [0.1, 0.15) is 50.8 Å². The van der Waals surface area contributed by atoms with E-state index >= 15 is 0 Å². The van der Waals surface area contributed by atoms with Crippen LogP contribution in [0, 0.1) is 0 Å². The molecule has 6 N–H and O–H groups in total. The molecule has 0 saturated heterocycles. The molecule has 0 radical (unpaired) electrons. The zero-order chi connectivity index (χ0) is 28.8. The normalized spacial score (nSPS) is 13.2. The Morgan fingerprint density at radius 1 is 0.538 bits per heavy atom. The molecule has 0 aliphatic carbocycles. The quantitative estimate of drug-likeness (QED) is 0.156. The number of allylic oxidation sites excluding steroid dienone is 2. The highest BCUT2D eigenvalue weighted by molar-refractivity contribution is 5.66. The fraction of sp³-hybridized carbons (Fsp3) is 0.212. The summed E-state index contributed by atoms with van der Waals surface area (Å²) in [6.45, 7) is 8.72. The van der Waals surface area contributed by atoms with Crippen LogP contribution in [0.2, 0.25) is 0 Å². The second-order valence-electron chi connectivity index (χ2n) is 10.7. The molecule has 4 aromatic rings. The number of aromatic hydroxyl groups is 6. The van der Waals surface area contributed by atoms with Gasteiger partial charge in [0.25, 0.3) is 0 Å². The molecule has 6 heteroatoms. The summed E-state index contributed by atoms with van der Waals surface area (Å²) in [5.41, 5.74) is 3.97. The van der Waals surface area contributed by atoms with Crippen molar-refractivity contribution in [2.45, 2.75) is 44.9 Å². The number of rotatable bonds is 6. The summed E-state index contributed by atoms with van der Waals surface area (Å²) in [6, 6.07) is 25.5. The minimum atomic E-state index is -0.308. The Labute approximate surface area is 229 Å². The van der Waals surface area contributed by atoms with E-state index < -0.39 is 0 Å². The third-order valence-corrected chi connectivity index (χ3v) is 6.73. The Morgan fingerprint density at radius 3 is 1.31 bits per heavy atom. The standard InChI is InChI=1S/C27H30O3.C6H6O3/c1-19(20-5-11-23(28)12-6-20)17-27(4,22-9-15-25(30)16-10-22)18-26(2,3)21-7-13-24(29)14-8-21;7-4-1-5(8)3-6(9)2-4/h5-17,28-30H,18H2,1-4H3;1-3,7-9H. The molecule has 0 bridgehead atoms. The van der Waals surface area contributed by atoms with Crippen LogP contribution in [0.4, 0.5) is 0 Å². The molecule has 0 saturated carbocycles. The van der Waals surface area contributed by atoms with Crippen LogP contribution < -0.4 is 0 Å². The molecule has 204 valence electrons. The molecule has 1 atom stereocenters. The highest BCUT2D eigenvalue weighted by Gasteiger charge is 2.34. The summed E-state index contributed by atoms with van der Waals surface area (Å²) in [5, 5.41) is 55.1. The molecule has 0 spiro atoms. The van der Waals surface area contributed by atoms with Crippen molar-refractivity contribution in [2.75, 3.05) is 0 Å². The molecule has 0 aromatic heterocycles. The highest BCUT2D eigenvalue weighted by atomic mass is 16.3. The van der Waals surface area contributed by atoms with Crippen LogP contribution in [0.15, 0.2) is 97.1 Å². The van der Waals surface area contributed by atoms with Gasteiger partial charge in [-0.3, -0.25) is 0 Å².